The fraction of sp³-hybridized carbons (Fsp3) is 0.125. The normalized spacial score (nSPS) is 10.6. The monoisotopic (exact) mass is 318 g/mol. The fourth-order valence-corrected chi connectivity index (χ4v) is 3.22. The van der Waals surface area contributed by atoms with E-state index in [-0.39, 0.29) is 22.6 Å². The predicted octanol–water partition coefficient (Wildman–Crippen LogP) is 2.53. The maximum absolute atomic E-state index is 12.2. The van der Waals surface area contributed by atoms with E-state index in [4.69, 9.17) is 10.2 Å². The fourth-order valence-electron chi connectivity index (χ4n) is 2.01. The number of benzene rings is 2. The summed E-state index contributed by atoms with van der Waals surface area (Å²) in [4.78, 5) is 21.8. The highest BCUT2D eigenvalue weighted by atomic mass is 32.2. The van der Waals surface area contributed by atoms with Gasteiger partial charge < -0.3 is 10.2 Å². The minimum atomic E-state index is -1.25. The topological polar surface area (TPSA) is 91.7 Å². The molecule has 0 saturated carbocycles. The zero-order valence-electron chi connectivity index (χ0n) is 11.6. The third kappa shape index (κ3) is 4.26. The zero-order chi connectivity index (χ0) is 16.1. The van der Waals surface area contributed by atoms with Gasteiger partial charge in [-0.25, -0.2) is 9.59 Å². The molecule has 0 heterocycles. The van der Waals surface area contributed by atoms with Crippen molar-refractivity contribution in [1.29, 1.82) is 0 Å². The highest BCUT2D eigenvalue weighted by Gasteiger charge is 2.09. The lowest BCUT2D eigenvalue weighted by Gasteiger charge is -2.05. The average Bonchev–Trinajstić information content (AvgIpc) is 2.47. The second-order valence-electron chi connectivity index (χ2n) is 4.74. The molecule has 0 spiro atoms. The maximum atomic E-state index is 12.2. The van der Waals surface area contributed by atoms with Gasteiger partial charge >= 0.3 is 11.9 Å². The van der Waals surface area contributed by atoms with Gasteiger partial charge in [0.1, 0.15) is 0 Å². The molecular formula is C16H14O5S. The van der Waals surface area contributed by atoms with Crippen LogP contribution in [0.2, 0.25) is 0 Å². The number of hydrogen-bond acceptors (Lipinski definition) is 3. The Hall–Kier alpha value is -2.47. The number of carbonyl (C=O) groups is 2. The van der Waals surface area contributed by atoms with E-state index in [0.717, 1.165) is 0 Å². The number of carboxylic acid groups (broad SMARTS) is 2. The van der Waals surface area contributed by atoms with Crippen molar-refractivity contribution >= 4 is 22.7 Å². The molecule has 0 aliphatic rings. The average molecular weight is 318 g/mol. The summed E-state index contributed by atoms with van der Waals surface area (Å²) in [5.74, 6) is -1.61. The van der Waals surface area contributed by atoms with Gasteiger partial charge in [0.2, 0.25) is 0 Å². The number of aromatic carboxylic acids is 2. The standard InChI is InChI=1S/C16H14O5S/c17-15(18)13-5-1-3-11(7-13)9-22(21)10-12-4-2-6-14(8-12)16(19)20/h1-8H,9-10H2,(H,17,18)(H,19,20). The quantitative estimate of drug-likeness (QED) is 0.854. The minimum absolute atomic E-state index is 0.155. The first-order valence-electron chi connectivity index (χ1n) is 6.45. The Morgan fingerprint density at radius 3 is 1.59 bits per heavy atom. The summed E-state index contributed by atoms with van der Waals surface area (Å²) in [6.45, 7) is 0. The maximum Gasteiger partial charge on any atom is 0.335 e. The summed E-state index contributed by atoms with van der Waals surface area (Å²) < 4.78 is 12.2. The van der Waals surface area contributed by atoms with Crippen molar-refractivity contribution in [3.63, 3.8) is 0 Å². The molecule has 0 atom stereocenters. The SMILES string of the molecule is O=C(O)c1cccc(CS(=O)Cc2cccc(C(=O)O)c2)c1. The molecule has 0 unspecified atom stereocenters. The van der Waals surface area contributed by atoms with Gasteiger partial charge in [-0.15, -0.1) is 0 Å². The van der Waals surface area contributed by atoms with Crippen LogP contribution >= 0.6 is 0 Å². The van der Waals surface area contributed by atoms with E-state index in [1.807, 2.05) is 0 Å². The molecule has 0 aliphatic heterocycles. The first-order chi connectivity index (χ1) is 10.5. The lowest BCUT2D eigenvalue weighted by atomic mass is 10.1. The van der Waals surface area contributed by atoms with Crippen molar-refractivity contribution in [1.82, 2.24) is 0 Å². The van der Waals surface area contributed by atoms with E-state index in [2.05, 4.69) is 0 Å². The number of rotatable bonds is 6. The summed E-state index contributed by atoms with van der Waals surface area (Å²) in [6.07, 6.45) is 0. The summed E-state index contributed by atoms with van der Waals surface area (Å²) in [7, 11) is -1.25. The third-order valence-electron chi connectivity index (χ3n) is 3.00. The Kier molecular flexibility index (Phi) is 5.06. The van der Waals surface area contributed by atoms with Gasteiger partial charge in [-0.05, 0) is 35.4 Å². The molecular weight excluding hydrogens is 304 g/mol. The lowest BCUT2D eigenvalue weighted by molar-refractivity contribution is 0.0686. The molecule has 0 fully saturated rings. The summed E-state index contributed by atoms with van der Waals surface area (Å²) >= 11 is 0. The molecule has 114 valence electrons. The summed E-state index contributed by atoms with van der Waals surface area (Å²) in [6, 6.07) is 12.6. The Balaban J connectivity index is 2.07. The molecule has 0 radical (unpaired) electrons. The summed E-state index contributed by atoms with van der Waals surface area (Å²) in [5.41, 5.74) is 1.66. The molecule has 2 rings (SSSR count). The third-order valence-corrected chi connectivity index (χ3v) is 4.31. The minimum Gasteiger partial charge on any atom is -0.478 e. The first kappa shape index (κ1) is 15.9. The second kappa shape index (κ2) is 7.00. The van der Waals surface area contributed by atoms with Crippen LogP contribution in [0.4, 0.5) is 0 Å². The van der Waals surface area contributed by atoms with E-state index >= 15 is 0 Å². The number of hydrogen-bond donors (Lipinski definition) is 2. The van der Waals surface area contributed by atoms with Crippen LogP contribution in [-0.2, 0) is 22.3 Å². The number of carboxylic acids is 2. The Bertz CT molecular complexity index is 677. The van der Waals surface area contributed by atoms with E-state index in [9.17, 15) is 13.8 Å². The summed E-state index contributed by atoms with van der Waals surface area (Å²) in [5, 5.41) is 17.9. The predicted molar refractivity (Wildman–Crippen MR) is 82.4 cm³/mol. The molecule has 0 amide bonds. The molecule has 0 aromatic heterocycles. The highest BCUT2D eigenvalue weighted by molar-refractivity contribution is 7.83. The molecule has 2 aromatic rings. The van der Waals surface area contributed by atoms with E-state index in [1.165, 1.54) is 24.3 Å². The Labute approximate surface area is 129 Å². The van der Waals surface area contributed by atoms with Crippen LogP contribution in [0.25, 0.3) is 0 Å². The molecule has 5 nitrogen and oxygen atoms in total. The lowest BCUT2D eigenvalue weighted by Crippen LogP contribution is -2.03. The van der Waals surface area contributed by atoms with Crippen LogP contribution < -0.4 is 0 Å². The first-order valence-corrected chi connectivity index (χ1v) is 7.94. The molecule has 2 aromatic carbocycles. The van der Waals surface area contributed by atoms with Gasteiger partial charge in [0.25, 0.3) is 0 Å². The van der Waals surface area contributed by atoms with Gasteiger partial charge in [-0.3, -0.25) is 4.21 Å². The van der Waals surface area contributed by atoms with Crippen molar-refractivity contribution in [2.45, 2.75) is 11.5 Å². The van der Waals surface area contributed by atoms with Gasteiger partial charge in [-0.1, -0.05) is 24.3 Å². The zero-order valence-corrected chi connectivity index (χ0v) is 12.4. The van der Waals surface area contributed by atoms with Crippen LogP contribution in [-0.4, -0.2) is 26.4 Å². The highest BCUT2D eigenvalue weighted by Crippen LogP contribution is 2.13. The van der Waals surface area contributed by atoms with Gasteiger partial charge in [0.05, 0.1) is 11.1 Å². The molecule has 0 bridgehead atoms. The van der Waals surface area contributed by atoms with Crippen LogP contribution in [0.15, 0.2) is 48.5 Å². The van der Waals surface area contributed by atoms with Crippen LogP contribution in [0, 0.1) is 0 Å². The Morgan fingerprint density at radius 1 is 0.818 bits per heavy atom. The van der Waals surface area contributed by atoms with Crippen LogP contribution in [0.5, 0.6) is 0 Å². The van der Waals surface area contributed by atoms with E-state index in [0.29, 0.717) is 11.1 Å². The van der Waals surface area contributed by atoms with Crippen molar-refractivity contribution < 1.29 is 24.0 Å². The smallest absolute Gasteiger partial charge is 0.335 e. The molecule has 0 aliphatic carbocycles. The van der Waals surface area contributed by atoms with Crippen molar-refractivity contribution in [2.75, 3.05) is 0 Å². The van der Waals surface area contributed by atoms with Gasteiger partial charge in [-0.2, -0.15) is 0 Å². The largest absolute Gasteiger partial charge is 0.478 e. The molecule has 6 heteroatoms. The van der Waals surface area contributed by atoms with Crippen molar-refractivity contribution in [2.24, 2.45) is 0 Å². The van der Waals surface area contributed by atoms with Gasteiger partial charge in [0.15, 0.2) is 0 Å². The molecule has 0 saturated heterocycles. The van der Waals surface area contributed by atoms with E-state index < -0.39 is 22.7 Å². The molecule has 22 heavy (non-hydrogen) atoms. The molecule has 2 N–H and O–H groups in total. The second-order valence-corrected chi connectivity index (χ2v) is 6.20. The van der Waals surface area contributed by atoms with Gasteiger partial charge in [0, 0.05) is 22.3 Å². The van der Waals surface area contributed by atoms with Crippen LogP contribution in [0.1, 0.15) is 31.8 Å². The Morgan fingerprint density at radius 2 is 1.23 bits per heavy atom. The van der Waals surface area contributed by atoms with E-state index in [1.54, 1.807) is 24.3 Å². The van der Waals surface area contributed by atoms with Crippen molar-refractivity contribution in [3.05, 3.63) is 70.8 Å². The van der Waals surface area contributed by atoms with Crippen molar-refractivity contribution in [3.8, 4) is 0 Å². The van der Waals surface area contributed by atoms with Crippen LogP contribution in [0.3, 0.4) is 0 Å².